The van der Waals surface area contributed by atoms with E-state index in [2.05, 4.69) is 22.9 Å². The van der Waals surface area contributed by atoms with Crippen molar-refractivity contribution in [2.24, 2.45) is 0 Å². The summed E-state index contributed by atoms with van der Waals surface area (Å²) in [5, 5.41) is 13.8. The lowest BCUT2D eigenvalue weighted by molar-refractivity contribution is 0.534. The molecule has 1 aliphatic rings. The van der Waals surface area contributed by atoms with Gasteiger partial charge in [0.05, 0.1) is 5.16 Å². The van der Waals surface area contributed by atoms with E-state index in [1.54, 1.807) is 5.16 Å². The van der Waals surface area contributed by atoms with Crippen molar-refractivity contribution in [1.82, 2.24) is 10.6 Å². The minimum absolute atomic E-state index is 1.14. The van der Waals surface area contributed by atoms with E-state index in [0.29, 0.717) is 0 Å². The molecular formula is C5H11N3S. The summed E-state index contributed by atoms with van der Waals surface area (Å²) in [6.45, 7) is 4.56. The molecule has 0 aromatic heterocycles. The van der Waals surface area contributed by atoms with Gasteiger partial charge in [-0.15, -0.1) is 0 Å². The van der Waals surface area contributed by atoms with Crippen LogP contribution >= 0.6 is 12.2 Å². The highest BCUT2D eigenvalue weighted by atomic mass is 32.1. The minimum atomic E-state index is 1.14. The van der Waals surface area contributed by atoms with Gasteiger partial charge in [-0.25, -0.2) is 5.41 Å². The first-order valence-corrected chi connectivity index (χ1v) is 3.28. The van der Waals surface area contributed by atoms with Gasteiger partial charge in [0, 0.05) is 26.2 Å². The number of isothiocyanates is 1. The fourth-order valence-electron chi connectivity index (χ4n) is 0.604. The molecule has 0 radical (unpaired) electrons. The summed E-state index contributed by atoms with van der Waals surface area (Å²) in [4.78, 5) is 0. The van der Waals surface area contributed by atoms with Gasteiger partial charge in [0.1, 0.15) is 0 Å². The molecule has 0 aromatic rings. The number of piperazine rings is 1. The van der Waals surface area contributed by atoms with Crippen molar-refractivity contribution in [1.29, 1.82) is 5.41 Å². The van der Waals surface area contributed by atoms with Crippen molar-refractivity contribution in [2.45, 2.75) is 0 Å². The van der Waals surface area contributed by atoms with Crippen LogP contribution in [0.3, 0.4) is 0 Å². The second-order valence-electron chi connectivity index (χ2n) is 1.60. The first kappa shape index (κ1) is 8.72. The van der Waals surface area contributed by atoms with E-state index < -0.39 is 0 Å². The van der Waals surface area contributed by atoms with E-state index in [-0.39, 0.29) is 0 Å². The maximum atomic E-state index is 5.77. The Morgan fingerprint density at radius 1 is 1.11 bits per heavy atom. The van der Waals surface area contributed by atoms with E-state index >= 15 is 0 Å². The summed E-state index contributed by atoms with van der Waals surface area (Å²) in [7, 11) is 0. The zero-order valence-electron chi connectivity index (χ0n) is 5.24. The maximum absolute atomic E-state index is 5.77. The highest BCUT2D eigenvalue weighted by Crippen LogP contribution is 1.65. The molecule has 0 bridgehead atoms. The monoisotopic (exact) mass is 145 g/mol. The Hall–Kier alpha value is -0.280. The SMILES string of the molecule is C1CNCCN1.N=C=S. The minimum Gasteiger partial charge on any atom is -0.314 e. The van der Waals surface area contributed by atoms with Crippen molar-refractivity contribution in [3.8, 4) is 0 Å². The molecule has 1 saturated heterocycles. The number of thiocarbonyl (C=S) groups is 1. The van der Waals surface area contributed by atoms with Crippen LogP contribution in [0.25, 0.3) is 0 Å². The Balaban J connectivity index is 0.000000187. The zero-order chi connectivity index (χ0) is 6.95. The van der Waals surface area contributed by atoms with Gasteiger partial charge in [0.2, 0.25) is 0 Å². The Kier molecular flexibility index (Phi) is 7.48. The Bertz CT molecular complexity index is 72.7. The van der Waals surface area contributed by atoms with Gasteiger partial charge in [-0.3, -0.25) is 0 Å². The van der Waals surface area contributed by atoms with Gasteiger partial charge in [-0.05, 0) is 12.2 Å². The average Bonchev–Trinajstić information content (AvgIpc) is 1.93. The molecule has 0 spiro atoms. The van der Waals surface area contributed by atoms with Crippen molar-refractivity contribution in [3.05, 3.63) is 0 Å². The largest absolute Gasteiger partial charge is 0.314 e. The van der Waals surface area contributed by atoms with Crippen LogP contribution in [0.4, 0.5) is 0 Å². The number of hydrogen-bond acceptors (Lipinski definition) is 4. The van der Waals surface area contributed by atoms with E-state index in [9.17, 15) is 0 Å². The molecule has 3 nitrogen and oxygen atoms in total. The molecule has 0 amide bonds. The molecule has 1 fully saturated rings. The third kappa shape index (κ3) is 7.72. The lowest BCUT2D eigenvalue weighted by atomic mass is 10.4. The lowest BCUT2D eigenvalue weighted by Crippen LogP contribution is -2.39. The molecule has 1 heterocycles. The maximum Gasteiger partial charge on any atom is 0.0554 e. The highest BCUT2D eigenvalue weighted by molar-refractivity contribution is 7.78. The first-order chi connectivity index (χ1) is 4.41. The fraction of sp³-hybridized carbons (Fsp3) is 0.800. The molecule has 0 atom stereocenters. The molecule has 3 N–H and O–H groups in total. The molecule has 0 saturated carbocycles. The van der Waals surface area contributed by atoms with Crippen LogP contribution in [0.5, 0.6) is 0 Å². The smallest absolute Gasteiger partial charge is 0.0554 e. The van der Waals surface area contributed by atoms with Gasteiger partial charge in [-0.2, -0.15) is 0 Å². The van der Waals surface area contributed by atoms with Crippen LogP contribution in [-0.4, -0.2) is 31.3 Å². The van der Waals surface area contributed by atoms with Crippen molar-refractivity contribution in [3.63, 3.8) is 0 Å². The molecule has 52 valence electrons. The van der Waals surface area contributed by atoms with Gasteiger partial charge >= 0.3 is 0 Å². The van der Waals surface area contributed by atoms with Gasteiger partial charge in [0.15, 0.2) is 0 Å². The zero-order valence-corrected chi connectivity index (χ0v) is 6.05. The molecule has 1 rings (SSSR count). The summed E-state index contributed by atoms with van der Waals surface area (Å²) in [5.41, 5.74) is 0. The van der Waals surface area contributed by atoms with Gasteiger partial charge in [-0.1, -0.05) is 0 Å². The summed E-state index contributed by atoms with van der Waals surface area (Å²) >= 11 is 3.81. The first-order valence-electron chi connectivity index (χ1n) is 2.87. The van der Waals surface area contributed by atoms with Crippen LogP contribution in [0.15, 0.2) is 0 Å². The van der Waals surface area contributed by atoms with Crippen molar-refractivity contribution >= 4 is 17.4 Å². The molecular weight excluding hydrogens is 134 g/mol. The topological polar surface area (TPSA) is 47.9 Å². The highest BCUT2D eigenvalue weighted by Gasteiger charge is 1.91. The van der Waals surface area contributed by atoms with Crippen LogP contribution in [0, 0.1) is 5.41 Å². The molecule has 0 aliphatic carbocycles. The van der Waals surface area contributed by atoms with Crippen LogP contribution in [-0.2, 0) is 0 Å². The third-order valence-electron chi connectivity index (χ3n) is 0.957. The Morgan fingerprint density at radius 3 is 1.44 bits per heavy atom. The second-order valence-corrected chi connectivity index (χ2v) is 1.81. The summed E-state index contributed by atoms with van der Waals surface area (Å²) in [5.74, 6) is 0. The lowest BCUT2D eigenvalue weighted by Gasteiger charge is -2.11. The van der Waals surface area contributed by atoms with Crippen molar-refractivity contribution < 1.29 is 0 Å². The van der Waals surface area contributed by atoms with Crippen LogP contribution in [0.1, 0.15) is 0 Å². The fourth-order valence-corrected chi connectivity index (χ4v) is 0.604. The average molecular weight is 145 g/mol. The second kappa shape index (κ2) is 7.72. The van der Waals surface area contributed by atoms with Crippen LogP contribution < -0.4 is 10.6 Å². The number of nitrogens with one attached hydrogen (secondary N) is 3. The predicted molar refractivity (Wildman–Crippen MR) is 41.1 cm³/mol. The van der Waals surface area contributed by atoms with E-state index in [4.69, 9.17) is 5.41 Å². The molecule has 0 unspecified atom stereocenters. The van der Waals surface area contributed by atoms with Crippen LogP contribution in [0.2, 0.25) is 0 Å². The molecule has 0 aromatic carbocycles. The van der Waals surface area contributed by atoms with Crippen molar-refractivity contribution in [2.75, 3.05) is 26.2 Å². The van der Waals surface area contributed by atoms with E-state index in [0.717, 1.165) is 26.2 Å². The summed E-state index contributed by atoms with van der Waals surface area (Å²) < 4.78 is 0. The Labute approximate surface area is 60.3 Å². The number of rotatable bonds is 0. The predicted octanol–water partition coefficient (Wildman–Crippen LogP) is -0.153. The standard InChI is InChI=1S/C4H10N2.CHNS/c1-2-6-4-3-5-1;2-1-3/h5-6H,1-4H2;2H. The van der Waals surface area contributed by atoms with Gasteiger partial charge in [0.25, 0.3) is 0 Å². The molecule has 1 aliphatic heterocycles. The third-order valence-corrected chi connectivity index (χ3v) is 0.957. The van der Waals surface area contributed by atoms with Gasteiger partial charge < -0.3 is 10.6 Å². The van der Waals surface area contributed by atoms with E-state index in [1.165, 1.54) is 0 Å². The number of hydrogen-bond donors (Lipinski definition) is 3. The normalized spacial score (nSPS) is 16.9. The molecule has 9 heavy (non-hydrogen) atoms. The quantitative estimate of drug-likeness (QED) is 0.328. The van der Waals surface area contributed by atoms with E-state index in [1.807, 2.05) is 0 Å². The Morgan fingerprint density at radius 2 is 1.33 bits per heavy atom. The molecule has 4 heteroatoms. The summed E-state index contributed by atoms with van der Waals surface area (Å²) in [6.07, 6.45) is 0. The summed E-state index contributed by atoms with van der Waals surface area (Å²) in [6, 6.07) is 0.